The molecule has 2 aliphatic rings. The average molecular weight is 472 g/mol. The molecule has 1 aromatic carbocycles. The summed E-state index contributed by atoms with van der Waals surface area (Å²) in [6.07, 6.45) is 4.67. The minimum atomic E-state index is -0.363. The smallest absolute Gasteiger partial charge is 0.292 e. The Labute approximate surface area is 198 Å². The van der Waals surface area contributed by atoms with Gasteiger partial charge in [-0.3, -0.25) is 14.4 Å². The Morgan fingerprint density at radius 2 is 1.79 bits per heavy atom. The van der Waals surface area contributed by atoms with Gasteiger partial charge >= 0.3 is 0 Å². The van der Waals surface area contributed by atoms with Crippen molar-refractivity contribution in [2.75, 3.05) is 44.2 Å². The number of hydrogen-bond acceptors (Lipinski definition) is 5. The molecule has 2 aromatic rings. The highest BCUT2D eigenvalue weighted by Gasteiger charge is 2.32. The highest BCUT2D eigenvalue weighted by Crippen LogP contribution is 2.25. The molecule has 176 valence electrons. The lowest BCUT2D eigenvalue weighted by Gasteiger charge is -2.39. The Hall–Kier alpha value is -2.87. The van der Waals surface area contributed by atoms with E-state index in [0.29, 0.717) is 50.5 Å². The Morgan fingerprint density at radius 1 is 1.06 bits per heavy atom. The fourth-order valence-corrected chi connectivity index (χ4v) is 4.85. The van der Waals surface area contributed by atoms with Crippen LogP contribution in [-0.2, 0) is 9.59 Å². The number of amides is 2. The Morgan fingerprint density at radius 3 is 2.48 bits per heavy atom. The van der Waals surface area contributed by atoms with Crippen molar-refractivity contribution in [2.45, 2.75) is 32.6 Å². The lowest BCUT2D eigenvalue weighted by atomic mass is 9.95. The van der Waals surface area contributed by atoms with Crippen LogP contribution >= 0.6 is 11.6 Å². The van der Waals surface area contributed by atoms with Crippen LogP contribution in [0.5, 0.6) is 0 Å². The summed E-state index contributed by atoms with van der Waals surface area (Å²) in [5.41, 5.74) is 0.887. The second-order valence-corrected chi connectivity index (χ2v) is 9.02. The molecule has 3 heterocycles. The van der Waals surface area contributed by atoms with Crippen LogP contribution < -0.4 is 10.5 Å². The van der Waals surface area contributed by atoms with Crippen molar-refractivity contribution >= 4 is 29.1 Å². The number of anilines is 1. The SMILES string of the molecule is CCCC(=O)N1CCCC(C(=O)N2CCN(c3cnn(-c4ccccc4)c(=O)c3Cl)CC2)C1. The van der Waals surface area contributed by atoms with E-state index >= 15 is 0 Å². The number of rotatable bonds is 5. The molecule has 2 aliphatic heterocycles. The van der Waals surface area contributed by atoms with Gasteiger partial charge in [-0.25, -0.2) is 0 Å². The van der Waals surface area contributed by atoms with Gasteiger partial charge in [-0.1, -0.05) is 36.7 Å². The molecule has 0 N–H and O–H groups in total. The number of aromatic nitrogens is 2. The summed E-state index contributed by atoms with van der Waals surface area (Å²) in [6, 6.07) is 9.16. The van der Waals surface area contributed by atoms with Crippen LogP contribution in [0.1, 0.15) is 32.6 Å². The van der Waals surface area contributed by atoms with Crippen molar-refractivity contribution in [3.8, 4) is 5.69 Å². The molecule has 1 atom stereocenters. The summed E-state index contributed by atoms with van der Waals surface area (Å²) in [6.45, 7) is 5.52. The zero-order valence-corrected chi connectivity index (χ0v) is 19.7. The number of halogens is 1. The highest BCUT2D eigenvalue weighted by molar-refractivity contribution is 6.33. The minimum absolute atomic E-state index is 0.118. The fraction of sp³-hybridized carbons (Fsp3) is 0.500. The Kier molecular flexibility index (Phi) is 7.33. The largest absolute Gasteiger partial charge is 0.365 e. The van der Waals surface area contributed by atoms with Crippen LogP contribution in [0.3, 0.4) is 0 Å². The lowest BCUT2D eigenvalue weighted by molar-refractivity contribution is -0.141. The zero-order chi connectivity index (χ0) is 23.4. The fourth-order valence-electron chi connectivity index (χ4n) is 4.60. The maximum absolute atomic E-state index is 13.1. The van der Waals surface area contributed by atoms with Gasteiger partial charge in [-0.2, -0.15) is 9.78 Å². The molecule has 9 heteroatoms. The van der Waals surface area contributed by atoms with Gasteiger partial charge in [0.05, 0.1) is 23.5 Å². The van der Waals surface area contributed by atoms with Gasteiger partial charge in [0.2, 0.25) is 11.8 Å². The molecule has 8 nitrogen and oxygen atoms in total. The normalized spacial score (nSPS) is 19.0. The first-order valence-electron chi connectivity index (χ1n) is 11.6. The molecule has 0 spiro atoms. The summed E-state index contributed by atoms with van der Waals surface area (Å²) in [5, 5.41) is 4.44. The summed E-state index contributed by atoms with van der Waals surface area (Å²) >= 11 is 6.44. The van der Waals surface area contributed by atoms with Crippen molar-refractivity contribution in [2.24, 2.45) is 5.92 Å². The average Bonchev–Trinajstić information content (AvgIpc) is 2.86. The molecule has 33 heavy (non-hydrogen) atoms. The van der Waals surface area contributed by atoms with Gasteiger partial charge in [-0.15, -0.1) is 0 Å². The van der Waals surface area contributed by atoms with Gasteiger partial charge < -0.3 is 14.7 Å². The van der Waals surface area contributed by atoms with E-state index in [1.165, 1.54) is 4.68 Å². The molecule has 1 unspecified atom stereocenters. The second kappa shape index (κ2) is 10.4. The van der Waals surface area contributed by atoms with Crippen LogP contribution in [0.15, 0.2) is 41.3 Å². The van der Waals surface area contributed by atoms with E-state index in [2.05, 4.69) is 5.10 Å². The van der Waals surface area contributed by atoms with E-state index in [9.17, 15) is 14.4 Å². The van der Waals surface area contributed by atoms with E-state index in [4.69, 9.17) is 11.6 Å². The first-order chi connectivity index (χ1) is 16.0. The molecule has 0 saturated carbocycles. The molecule has 2 saturated heterocycles. The first kappa shape index (κ1) is 23.3. The summed E-state index contributed by atoms with van der Waals surface area (Å²) < 4.78 is 1.29. The molecule has 4 rings (SSSR count). The van der Waals surface area contributed by atoms with E-state index < -0.39 is 0 Å². The van der Waals surface area contributed by atoms with Gasteiger partial charge in [0.1, 0.15) is 5.02 Å². The number of para-hydroxylation sites is 1. The number of piperazine rings is 1. The number of likely N-dealkylation sites (tertiary alicyclic amines) is 1. The zero-order valence-electron chi connectivity index (χ0n) is 19.0. The van der Waals surface area contributed by atoms with Crippen molar-refractivity contribution < 1.29 is 9.59 Å². The predicted octanol–water partition coefficient (Wildman–Crippen LogP) is 2.57. The van der Waals surface area contributed by atoms with Crippen molar-refractivity contribution in [1.82, 2.24) is 19.6 Å². The Bertz CT molecular complexity index is 1050. The number of benzene rings is 1. The third kappa shape index (κ3) is 5.05. The number of nitrogens with zero attached hydrogens (tertiary/aromatic N) is 5. The van der Waals surface area contributed by atoms with Crippen molar-refractivity contribution in [1.29, 1.82) is 0 Å². The van der Waals surface area contributed by atoms with Crippen LogP contribution in [0.4, 0.5) is 5.69 Å². The standard InChI is InChI=1S/C24H30ClN5O3/c1-2-7-21(31)29-11-6-8-18(17-29)23(32)28-14-12-27(13-15-28)20-16-26-30(24(33)22(20)25)19-9-4-3-5-10-19/h3-5,9-10,16,18H,2,6-8,11-15,17H2,1H3. The van der Waals surface area contributed by atoms with Gasteiger partial charge in [0, 0.05) is 45.7 Å². The third-order valence-corrected chi connectivity index (χ3v) is 6.78. The summed E-state index contributed by atoms with van der Waals surface area (Å²) in [4.78, 5) is 43.9. The molecule has 2 fully saturated rings. The van der Waals surface area contributed by atoms with Crippen LogP contribution in [-0.4, -0.2) is 70.7 Å². The monoisotopic (exact) mass is 471 g/mol. The molecule has 2 amide bonds. The summed E-state index contributed by atoms with van der Waals surface area (Å²) in [5.74, 6) is 0.130. The molecule has 1 aromatic heterocycles. The number of carbonyl (C=O) groups excluding carboxylic acids is 2. The number of piperidine rings is 1. The first-order valence-corrected chi connectivity index (χ1v) is 12.0. The molecule has 0 radical (unpaired) electrons. The number of hydrogen-bond donors (Lipinski definition) is 0. The summed E-state index contributed by atoms with van der Waals surface area (Å²) in [7, 11) is 0. The van der Waals surface area contributed by atoms with Crippen LogP contribution in [0, 0.1) is 5.92 Å². The maximum Gasteiger partial charge on any atom is 0.292 e. The van der Waals surface area contributed by atoms with Crippen molar-refractivity contribution in [3.63, 3.8) is 0 Å². The molecular formula is C24H30ClN5O3. The van der Waals surface area contributed by atoms with Crippen LogP contribution in [0.2, 0.25) is 5.02 Å². The molecule has 0 aliphatic carbocycles. The predicted molar refractivity (Wildman–Crippen MR) is 128 cm³/mol. The van der Waals surface area contributed by atoms with E-state index in [-0.39, 0.29) is 28.3 Å². The molecule has 0 bridgehead atoms. The van der Waals surface area contributed by atoms with Crippen LogP contribution in [0.25, 0.3) is 5.69 Å². The van der Waals surface area contributed by atoms with Gasteiger partial charge in [0.15, 0.2) is 0 Å². The lowest BCUT2D eigenvalue weighted by Crippen LogP contribution is -2.53. The quantitative estimate of drug-likeness (QED) is 0.669. The van der Waals surface area contributed by atoms with E-state index in [1.54, 1.807) is 18.3 Å². The van der Waals surface area contributed by atoms with E-state index in [0.717, 1.165) is 25.8 Å². The Balaban J connectivity index is 1.39. The van der Waals surface area contributed by atoms with Crippen molar-refractivity contribution in [3.05, 3.63) is 51.9 Å². The minimum Gasteiger partial charge on any atom is -0.365 e. The molecular weight excluding hydrogens is 442 g/mol. The number of carbonyl (C=O) groups is 2. The van der Waals surface area contributed by atoms with Gasteiger partial charge in [0.25, 0.3) is 5.56 Å². The maximum atomic E-state index is 13.1. The van der Waals surface area contributed by atoms with E-state index in [1.807, 2.05) is 39.8 Å². The highest BCUT2D eigenvalue weighted by atomic mass is 35.5. The topological polar surface area (TPSA) is 78.8 Å². The van der Waals surface area contributed by atoms with Gasteiger partial charge in [-0.05, 0) is 31.4 Å². The second-order valence-electron chi connectivity index (χ2n) is 8.64. The third-order valence-electron chi connectivity index (χ3n) is 6.42.